The molecule has 0 radical (unpaired) electrons. The van der Waals surface area contributed by atoms with Crippen molar-refractivity contribution in [3.8, 4) is 5.88 Å². The Hall–Kier alpha value is -1.14. The minimum absolute atomic E-state index is 0.516. The van der Waals surface area contributed by atoms with E-state index in [0.717, 1.165) is 20.3 Å². The van der Waals surface area contributed by atoms with Crippen molar-refractivity contribution in [1.82, 2.24) is 10.2 Å². The molecule has 2 rings (SSSR count). The molecule has 1 heterocycles. The first-order chi connectivity index (χ1) is 8.69. The normalized spacial score (nSPS) is 10.2. The van der Waals surface area contributed by atoms with E-state index in [4.69, 9.17) is 4.74 Å². The van der Waals surface area contributed by atoms with Crippen molar-refractivity contribution in [3.63, 3.8) is 0 Å². The summed E-state index contributed by atoms with van der Waals surface area (Å²) in [5, 5.41) is 11.3. The fraction of sp³-hybridized carbons (Fsp3) is 0.167. The van der Waals surface area contributed by atoms with E-state index in [1.54, 1.807) is 13.2 Å². The van der Waals surface area contributed by atoms with E-state index < -0.39 is 0 Å². The Morgan fingerprint density at radius 3 is 2.67 bits per heavy atom. The first kappa shape index (κ1) is 13.3. The molecule has 18 heavy (non-hydrogen) atoms. The van der Waals surface area contributed by atoms with Crippen molar-refractivity contribution >= 4 is 37.5 Å². The molecular weight excluding hydrogens is 362 g/mol. The molecule has 2 aromatic rings. The Morgan fingerprint density at radius 2 is 2.00 bits per heavy atom. The molecule has 0 fully saturated rings. The van der Waals surface area contributed by atoms with Gasteiger partial charge in [-0.1, -0.05) is 15.9 Å². The maximum atomic E-state index is 4.96. The second-order valence-electron chi connectivity index (χ2n) is 3.54. The van der Waals surface area contributed by atoms with Crippen molar-refractivity contribution in [2.24, 2.45) is 0 Å². The summed E-state index contributed by atoms with van der Waals surface area (Å²) in [5.74, 6) is 0.516. The number of hydrogen-bond acceptors (Lipinski definition) is 4. The molecule has 0 saturated heterocycles. The van der Waals surface area contributed by atoms with Crippen LogP contribution in [-0.2, 0) is 6.54 Å². The van der Waals surface area contributed by atoms with E-state index >= 15 is 0 Å². The van der Waals surface area contributed by atoms with Gasteiger partial charge in [0.1, 0.15) is 0 Å². The molecule has 0 unspecified atom stereocenters. The highest BCUT2D eigenvalue weighted by Crippen LogP contribution is 2.26. The Kier molecular flexibility index (Phi) is 4.54. The first-order valence-corrected chi connectivity index (χ1v) is 6.83. The van der Waals surface area contributed by atoms with Crippen LogP contribution in [0.1, 0.15) is 5.69 Å². The van der Waals surface area contributed by atoms with Gasteiger partial charge in [0, 0.05) is 20.7 Å². The number of ether oxygens (including phenoxy) is 1. The van der Waals surface area contributed by atoms with Crippen LogP contribution >= 0.6 is 31.9 Å². The highest BCUT2D eigenvalue weighted by Gasteiger charge is 2.02. The largest absolute Gasteiger partial charge is 0.480 e. The van der Waals surface area contributed by atoms with Crippen molar-refractivity contribution in [1.29, 1.82) is 0 Å². The van der Waals surface area contributed by atoms with E-state index in [1.807, 2.05) is 24.3 Å². The van der Waals surface area contributed by atoms with Crippen LogP contribution in [0.15, 0.2) is 39.3 Å². The van der Waals surface area contributed by atoms with Crippen LogP contribution in [0.4, 0.5) is 5.69 Å². The Labute approximate surface area is 122 Å². The number of benzene rings is 1. The summed E-state index contributed by atoms with van der Waals surface area (Å²) in [6.07, 6.45) is 0. The van der Waals surface area contributed by atoms with Crippen molar-refractivity contribution in [3.05, 3.63) is 45.0 Å². The number of rotatable bonds is 4. The van der Waals surface area contributed by atoms with E-state index in [1.165, 1.54) is 0 Å². The number of anilines is 1. The van der Waals surface area contributed by atoms with E-state index in [0.29, 0.717) is 12.4 Å². The summed E-state index contributed by atoms with van der Waals surface area (Å²) in [7, 11) is 1.57. The molecule has 0 bridgehead atoms. The molecular formula is C12H11Br2N3O. The smallest absolute Gasteiger partial charge is 0.233 e. The molecule has 0 aliphatic rings. The van der Waals surface area contributed by atoms with Crippen molar-refractivity contribution in [2.45, 2.75) is 6.54 Å². The van der Waals surface area contributed by atoms with Crippen molar-refractivity contribution in [2.75, 3.05) is 12.4 Å². The molecule has 6 heteroatoms. The lowest BCUT2D eigenvalue weighted by Gasteiger charge is -2.08. The number of methoxy groups -OCH3 is 1. The van der Waals surface area contributed by atoms with Gasteiger partial charge in [-0.25, -0.2) is 0 Å². The van der Waals surface area contributed by atoms with Crippen LogP contribution in [0.5, 0.6) is 5.88 Å². The van der Waals surface area contributed by atoms with Gasteiger partial charge in [-0.05, 0) is 40.2 Å². The summed E-state index contributed by atoms with van der Waals surface area (Å²) in [6.45, 7) is 0.603. The number of hydrogen-bond donors (Lipinski definition) is 1. The SMILES string of the molecule is COc1ccc(CNc2cc(Br)ccc2Br)nn1. The lowest BCUT2D eigenvalue weighted by Crippen LogP contribution is -2.03. The standard InChI is InChI=1S/C12H11Br2N3O/c1-18-12-5-3-9(16-17-12)7-15-11-6-8(13)2-4-10(11)14/h2-6,15H,7H2,1H3. The van der Waals surface area contributed by atoms with Crippen LogP contribution in [0, 0.1) is 0 Å². The van der Waals surface area contributed by atoms with Gasteiger partial charge in [-0.15, -0.1) is 5.10 Å². The zero-order valence-corrected chi connectivity index (χ0v) is 12.8. The lowest BCUT2D eigenvalue weighted by molar-refractivity contribution is 0.391. The summed E-state index contributed by atoms with van der Waals surface area (Å²) in [5.41, 5.74) is 1.85. The van der Waals surface area contributed by atoms with Gasteiger partial charge < -0.3 is 10.1 Å². The number of nitrogens with zero attached hydrogens (tertiary/aromatic N) is 2. The zero-order valence-electron chi connectivity index (χ0n) is 9.65. The van der Waals surface area contributed by atoms with Gasteiger partial charge in [0.25, 0.3) is 0 Å². The summed E-state index contributed by atoms with van der Waals surface area (Å²) < 4.78 is 6.99. The third-order valence-corrected chi connectivity index (χ3v) is 3.48. The second kappa shape index (κ2) is 6.15. The molecule has 0 atom stereocenters. The van der Waals surface area contributed by atoms with Crippen molar-refractivity contribution < 1.29 is 4.74 Å². The number of nitrogens with one attached hydrogen (secondary N) is 1. The average molecular weight is 373 g/mol. The number of halogens is 2. The molecule has 0 aliphatic carbocycles. The van der Waals surface area contributed by atoms with Crippen LogP contribution in [-0.4, -0.2) is 17.3 Å². The van der Waals surface area contributed by atoms with E-state index in [-0.39, 0.29) is 0 Å². The predicted octanol–water partition coefficient (Wildman–Crippen LogP) is 3.62. The summed E-state index contributed by atoms with van der Waals surface area (Å²) >= 11 is 6.92. The third kappa shape index (κ3) is 3.43. The van der Waals surface area contributed by atoms with Crippen LogP contribution in [0.3, 0.4) is 0 Å². The lowest BCUT2D eigenvalue weighted by atomic mass is 10.3. The van der Waals surface area contributed by atoms with Crippen LogP contribution in [0.2, 0.25) is 0 Å². The predicted molar refractivity (Wildman–Crippen MR) is 77.8 cm³/mol. The highest BCUT2D eigenvalue weighted by molar-refractivity contribution is 9.11. The Morgan fingerprint density at radius 1 is 1.17 bits per heavy atom. The molecule has 1 aromatic carbocycles. The minimum atomic E-state index is 0.516. The zero-order chi connectivity index (χ0) is 13.0. The van der Waals surface area contributed by atoms with Gasteiger partial charge in [-0.3, -0.25) is 0 Å². The van der Waals surface area contributed by atoms with E-state index in [9.17, 15) is 0 Å². The maximum Gasteiger partial charge on any atom is 0.233 e. The molecule has 94 valence electrons. The van der Waals surface area contributed by atoms with Gasteiger partial charge in [0.05, 0.1) is 19.3 Å². The Balaban J connectivity index is 2.04. The van der Waals surface area contributed by atoms with Gasteiger partial charge >= 0.3 is 0 Å². The van der Waals surface area contributed by atoms with Crippen LogP contribution < -0.4 is 10.1 Å². The second-order valence-corrected chi connectivity index (χ2v) is 5.31. The topological polar surface area (TPSA) is 47.0 Å². The third-order valence-electron chi connectivity index (χ3n) is 2.29. The molecule has 0 spiro atoms. The highest BCUT2D eigenvalue weighted by atomic mass is 79.9. The summed E-state index contributed by atoms with van der Waals surface area (Å²) in [4.78, 5) is 0. The van der Waals surface area contributed by atoms with Crippen LogP contribution in [0.25, 0.3) is 0 Å². The summed E-state index contributed by atoms with van der Waals surface area (Å²) in [6, 6.07) is 9.63. The quantitative estimate of drug-likeness (QED) is 0.890. The fourth-order valence-corrected chi connectivity index (χ4v) is 2.12. The first-order valence-electron chi connectivity index (χ1n) is 5.24. The van der Waals surface area contributed by atoms with E-state index in [2.05, 4.69) is 47.4 Å². The molecule has 0 aliphatic heterocycles. The monoisotopic (exact) mass is 371 g/mol. The number of aromatic nitrogens is 2. The molecule has 1 aromatic heterocycles. The average Bonchev–Trinajstić information content (AvgIpc) is 2.40. The van der Waals surface area contributed by atoms with Gasteiger partial charge in [0.15, 0.2) is 0 Å². The molecule has 0 saturated carbocycles. The molecule has 0 amide bonds. The minimum Gasteiger partial charge on any atom is -0.480 e. The Bertz CT molecular complexity index is 531. The fourth-order valence-electron chi connectivity index (χ4n) is 1.37. The maximum absolute atomic E-state index is 4.96. The molecule has 4 nitrogen and oxygen atoms in total. The molecule has 1 N–H and O–H groups in total. The van der Waals surface area contributed by atoms with Gasteiger partial charge in [-0.2, -0.15) is 5.10 Å². The van der Waals surface area contributed by atoms with Gasteiger partial charge in [0.2, 0.25) is 5.88 Å².